The Bertz CT molecular complexity index is 899. The summed E-state index contributed by atoms with van der Waals surface area (Å²) in [6, 6.07) is 14.2. The lowest BCUT2D eigenvalue weighted by Gasteiger charge is -2.23. The Morgan fingerprint density at radius 2 is 1.48 bits per heavy atom. The molecule has 6 nitrogen and oxygen atoms in total. The van der Waals surface area contributed by atoms with E-state index in [9.17, 15) is 14.4 Å². The molecule has 0 bridgehead atoms. The van der Waals surface area contributed by atoms with Crippen LogP contribution in [0.25, 0.3) is 11.1 Å². The molecule has 1 atom stereocenters. The van der Waals surface area contributed by atoms with Gasteiger partial charge in [0, 0.05) is 0 Å². The summed E-state index contributed by atoms with van der Waals surface area (Å²) in [6.07, 6.45) is -0.300. The number of ether oxygens (including phenoxy) is 2. The first-order valence-corrected chi connectivity index (χ1v) is 9.49. The highest BCUT2D eigenvalue weighted by Gasteiger charge is 2.36. The summed E-state index contributed by atoms with van der Waals surface area (Å²) in [6.45, 7) is 5.22. The summed E-state index contributed by atoms with van der Waals surface area (Å²) in [5.41, 5.74) is 3.03. The van der Waals surface area contributed by atoms with Crippen LogP contribution in [-0.4, -0.2) is 36.6 Å². The van der Waals surface area contributed by atoms with Crippen molar-refractivity contribution in [3.63, 3.8) is 0 Å². The highest BCUT2D eigenvalue weighted by Crippen LogP contribution is 2.44. The summed E-state index contributed by atoms with van der Waals surface area (Å²) < 4.78 is 10.1. The van der Waals surface area contributed by atoms with E-state index in [-0.39, 0.29) is 12.3 Å². The van der Waals surface area contributed by atoms with E-state index in [2.05, 4.69) is 5.32 Å². The zero-order chi connectivity index (χ0) is 21.2. The van der Waals surface area contributed by atoms with Gasteiger partial charge in [-0.1, -0.05) is 48.5 Å². The highest BCUT2D eigenvalue weighted by atomic mass is 16.6. The summed E-state index contributed by atoms with van der Waals surface area (Å²) in [4.78, 5) is 37.6. The fourth-order valence-corrected chi connectivity index (χ4v) is 3.58. The maximum absolute atomic E-state index is 13.2. The molecule has 0 spiro atoms. The molecule has 1 aliphatic rings. The van der Waals surface area contributed by atoms with Gasteiger partial charge in [0.1, 0.15) is 11.6 Å². The van der Waals surface area contributed by atoms with Crippen LogP contribution in [0.5, 0.6) is 0 Å². The fourth-order valence-electron chi connectivity index (χ4n) is 3.58. The SMILES string of the molecule is COC(=O)[C@H](CC(=O)OC(C)(C)C)NC(=O)C1c2ccccc2-c2ccccc21. The number of esters is 2. The second kappa shape index (κ2) is 8.07. The fraction of sp³-hybridized carbons (Fsp3) is 0.348. The third-order valence-electron chi connectivity index (χ3n) is 4.69. The van der Waals surface area contributed by atoms with Crippen LogP contribution in [0.4, 0.5) is 0 Å². The summed E-state index contributed by atoms with van der Waals surface area (Å²) in [5, 5.41) is 2.69. The second-order valence-corrected chi connectivity index (χ2v) is 7.98. The molecular weight excluding hydrogens is 370 g/mol. The maximum atomic E-state index is 13.2. The molecule has 2 aromatic carbocycles. The third-order valence-corrected chi connectivity index (χ3v) is 4.69. The van der Waals surface area contributed by atoms with Gasteiger partial charge >= 0.3 is 11.9 Å². The molecule has 0 saturated carbocycles. The quantitative estimate of drug-likeness (QED) is 0.787. The van der Waals surface area contributed by atoms with E-state index in [4.69, 9.17) is 9.47 Å². The first-order chi connectivity index (χ1) is 13.7. The van der Waals surface area contributed by atoms with Gasteiger partial charge in [-0.15, -0.1) is 0 Å². The van der Waals surface area contributed by atoms with Crippen LogP contribution >= 0.6 is 0 Å². The van der Waals surface area contributed by atoms with Gasteiger partial charge in [0.05, 0.1) is 19.4 Å². The predicted octanol–water partition coefficient (Wildman–Crippen LogP) is 3.19. The zero-order valence-corrected chi connectivity index (χ0v) is 17.0. The van der Waals surface area contributed by atoms with E-state index < -0.39 is 29.5 Å². The minimum atomic E-state index is -1.12. The van der Waals surface area contributed by atoms with Crippen molar-refractivity contribution in [3.05, 3.63) is 59.7 Å². The third kappa shape index (κ3) is 4.47. The molecule has 0 radical (unpaired) electrons. The molecule has 0 unspecified atom stereocenters. The molecule has 0 aliphatic heterocycles. The van der Waals surface area contributed by atoms with Gasteiger partial charge in [0.25, 0.3) is 0 Å². The molecule has 0 fully saturated rings. The number of hydrogen-bond donors (Lipinski definition) is 1. The summed E-state index contributed by atoms with van der Waals surface area (Å²) in [7, 11) is 1.22. The standard InChI is InChI=1S/C23H25NO5/c1-23(2,3)29-19(25)13-18(22(27)28-4)24-21(26)20-16-11-7-5-9-14(16)15-10-6-8-12-17(15)20/h5-12,18,20H,13H2,1-4H3,(H,24,26)/t18-/m0/s1. The largest absolute Gasteiger partial charge is 0.467 e. The number of methoxy groups -OCH3 is 1. The number of fused-ring (bicyclic) bond motifs is 3. The highest BCUT2D eigenvalue weighted by molar-refractivity contribution is 5.98. The lowest BCUT2D eigenvalue weighted by atomic mass is 9.95. The number of carbonyl (C=O) groups is 3. The average molecular weight is 395 g/mol. The van der Waals surface area contributed by atoms with Crippen molar-refractivity contribution in [2.24, 2.45) is 0 Å². The summed E-state index contributed by atoms with van der Waals surface area (Å²) in [5.74, 6) is -2.20. The van der Waals surface area contributed by atoms with E-state index in [1.165, 1.54) is 7.11 Å². The molecule has 0 saturated heterocycles. The number of amides is 1. The number of carbonyl (C=O) groups excluding carboxylic acids is 3. The summed E-state index contributed by atoms with van der Waals surface area (Å²) >= 11 is 0. The topological polar surface area (TPSA) is 81.7 Å². The molecule has 2 aromatic rings. The van der Waals surface area contributed by atoms with Crippen molar-refractivity contribution in [2.75, 3.05) is 7.11 Å². The Hall–Kier alpha value is -3.15. The van der Waals surface area contributed by atoms with E-state index in [0.717, 1.165) is 22.3 Å². The number of hydrogen-bond acceptors (Lipinski definition) is 5. The second-order valence-electron chi connectivity index (χ2n) is 7.98. The van der Waals surface area contributed by atoms with E-state index >= 15 is 0 Å². The van der Waals surface area contributed by atoms with Crippen LogP contribution in [0.2, 0.25) is 0 Å². The van der Waals surface area contributed by atoms with Gasteiger partial charge in [-0.25, -0.2) is 4.79 Å². The van der Waals surface area contributed by atoms with Crippen molar-refractivity contribution in [1.29, 1.82) is 0 Å². The molecular formula is C23H25NO5. The molecule has 0 heterocycles. The Labute approximate surface area is 170 Å². The Kier molecular flexibility index (Phi) is 5.73. The first kappa shape index (κ1) is 20.6. The molecule has 6 heteroatoms. The van der Waals surface area contributed by atoms with Crippen LogP contribution < -0.4 is 5.32 Å². The van der Waals surface area contributed by atoms with Crippen LogP contribution in [0.15, 0.2) is 48.5 Å². The van der Waals surface area contributed by atoms with Crippen LogP contribution in [0.3, 0.4) is 0 Å². The van der Waals surface area contributed by atoms with Crippen LogP contribution in [0.1, 0.15) is 44.2 Å². The number of benzene rings is 2. The Balaban J connectivity index is 1.85. The maximum Gasteiger partial charge on any atom is 0.328 e. The Morgan fingerprint density at radius 3 is 1.97 bits per heavy atom. The Morgan fingerprint density at radius 1 is 0.966 bits per heavy atom. The normalized spacial score (nSPS) is 13.8. The molecule has 1 N–H and O–H groups in total. The van der Waals surface area contributed by atoms with E-state index in [1.807, 2.05) is 48.5 Å². The van der Waals surface area contributed by atoms with Crippen LogP contribution in [0, 0.1) is 0 Å². The van der Waals surface area contributed by atoms with Crippen molar-refractivity contribution in [1.82, 2.24) is 5.32 Å². The van der Waals surface area contributed by atoms with Crippen molar-refractivity contribution < 1.29 is 23.9 Å². The molecule has 152 valence electrons. The number of nitrogens with one attached hydrogen (secondary N) is 1. The lowest BCUT2D eigenvalue weighted by Crippen LogP contribution is -2.45. The minimum Gasteiger partial charge on any atom is -0.467 e. The van der Waals surface area contributed by atoms with Gasteiger partial charge in [-0.05, 0) is 43.0 Å². The van der Waals surface area contributed by atoms with Gasteiger partial charge in [0.15, 0.2) is 0 Å². The van der Waals surface area contributed by atoms with E-state index in [1.54, 1.807) is 20.8 Å². The average Bonchev–Trinajstić information content (AvgIpc) is 3.00. The van der Waals surface area contributed by atoms with Crippen molar-refractivity contribution >= 4 is 17.8 Å². The molecule has 1 amide bonds. The van der Waals surface area contributed by atoms with E-state index in [0.29, 0.717) is 0 Å². The predicted molar refractivity (Wildman–Crippen MR) is 108 cm³/mol. The van der Waals surface area contributed by atoms with Gasteiger partial charge < -0.3 is 14.8 Å². The van der Waals surface area contributed by atoms with Gasteiger partial charge in [0.2, 0.25) is 5.91 Å². The molecule has 3 rings (SSSR count). The zero-order valence-electron chi connectivity index (χ0n) is 17.0. The van der Waals surface area contributed by atoms with Crippen molar-refractivity contribution in [3.8, 4) is 11.1 Å². The van der Waals surface area contributed by atoms with Crippen molar-refractivity contribution in [2.45, 2.75) is 44.8 Å². The minimum absolute atomic E-state index is 0.300. The molecule has 1 aliphatic carbocycles. The molecule has 29 heavy (non-hydrogen) atoms. The molecule has 0 aromatic heterocycles. The first-order valence-electron chi connectivity index (χ1n) is 9.49. The number of rotatable bonds is 5. The smallest absolute Gasteiger partial charge is 0.328 e. The van der Waals surface area contributed by atoms with Crippen LogP contribution in [-0.2, 0) is 23.9 Å². The van der Waals surface area contributed by atoms with Gasteiger partial charge in [-0.3, -0.25) is 9.59 Å². The van der Waals surface area contributed by atoms with Gasteiger partial charge in [-0.2, -0.15) is 0 Å². The lowest BCUT2D eigenvalue weighted by molar-refractivity contribution is -0.159. The monoisotopic (exact) mass is 395 g/mol.